The number of carbonyl (C=O) groups excluding carboxylic acids is 1. The summed E-state index contributed by atoms with van der Waals surface area (Å²) in [6, 6.07) is 12.6. The number of halogens is 1. The van der Waals surface area contributed by atoms with Crippen LogP contribution in [0.15, 0.2) is 42.5 Å². The second kappa shape index (κ2) is 8.50. The summed E-state index contributed by atoms with van der Waals surface area (Å²) in [7, 11) is -0.888. The Hall–Kier alpha value is -2.10. The van der Waals surface area contributed by atoms with Crippen LogP contribution in [0, 0.1) is 0 Å². The fraction of sp³-hybridized carbons (Fsp3) is 0.316. The lowest BCUT2D eigenvalue weighted by Crippen LogP contribution is -2.33. The summed E-state index contributed by atoms with van der Waals surface area (Å²) in [5.41, 5.74) is 2.51. The minimum atomic E-state index is -3.91. The molecule has 7 nitrogen and oxygen atoms in total. The normalized spacial score (nSPS) is 16.4. The number of alkyl halides is 1. The third-order valence-corrected chi connectivity index (χ3v) is 6.99. The Bertz CT molecular complexity index is 963. The summed E-state index contributed by atoms with van der Waals surface area (Å²) in [5, 5.41) is 0.727. The summed E-state index contributed by atoms with van der Waals surface area (Å²) in [4.78, 5) is 12.5. The first-order chi connectivity index (χ1) is 13.4. The summed E-state index contributed by atoms with van der Waals surface area (Å²) in [6.07, 6.45) is 0. The molecule has 28 heavy (non-hydrogen) atoms. The van der Waals surface area contributed by atoms with Gasteiger partial charge in [0.15, 0.2) is 0 Å². The van der Waals surface area contributed by atoms with E-state index in [0.29, 0.717) is 17.1 Å². The van der Waals surface area contributed by atoms with Gasteiger partial charge in [-0.3, -0.25) is 4.79 Å². The van der Waals surface area contributed by atoms with Crippen molar-refractivity contribution in [2.75, 3.05) is 20.8 Å². The molecule has 0 unspecified atom stereocenters. The van der Waals surface area contributed by atoms with Crippen LogP contribution >= 0.6 is 15.9 Å². The van der Waals surface area contributed by atoms with E-state index in [9.17, 15) is 13.2 Å². The van der Waals surface area contributed by atoms with E-state index in [1.807, 2.05) is 24.3 Å². The van der Waals surface area contributed by atoms with Gasteiger partial charge in [-0.25, -0.2) is 4.31 Å². The van der Waals surface area contributed by atoms with Crippen molar-refractivity contribution in [3.63, 3.8) is 0 Å². The minimum Gasteiger partial charge on any atom is -0.497 e. The van der Waals surface area contributed by atoms with Gasteiger partial charge in [0, 0.05) is 23.5 Å². The maximum atomic E-state index is 12.9. The maximum Gasteiger partial charge on any atom is 0.307 e. The van der Waals surface area contributed by atoms with Crippen LogP contribution in [0.3, 0.4) is 0 Å². The van der Waals surface area contributed by atoms with Gasteiger partial charge in [-0.15, -0.1) is 0 Å². The van der Waals surface area contributed by atoms with Crippen LogP contribution in [0.4, 0.5) is 0 Å². The number of hydrogen-bond acceptors (Lipinski definition) is 5. The highest BCUT2D eigenvalue weighted by Gasteiger charge is 2.42. The first-order valence-electron chi connectivity index (χ1n) is 8.54. The van der Waals surface area contributed by atoms with E-state index < -0.39 is 16.1 Å². The number of nitrogens with zero attached hydrogens (tertiary/aromatic N) is 2. The maximum absolute atomic E-state index is 12.9. The van der Waals surface area contributed by atoms with Crippen molar-refractivity contribution in [1.29, 1.82) is 0 Å². The molecule has 0 spiro atoms. The molecule has 1 saturated heterocycles. The topological polar surface area (TPSA) is 76.2 Å². The van der Waals surface area contributed by atoms with E-state index in [1.54, 1.807) is 18.2 Å². The average Bonchev–Trinajstić information content (AvgIpc) is 2.91. The van der Waals surface area contributed by atoms with E-state index in [0.717, 1.165) is 20.8 Å². The van der Waals surface area contributed by atoms with E-state index in [-0.39, 0.29) is 19.6 Å². The predicted octanol–water partition coefficient (Wildman–Crippen LogP) is 2.69. The molecule has 0 N–H and O–H groups in total. The number of hydrogen-bond donors (Lipinski definition) is 0. The monoisotopic (exact) mass is 468 g/mol. The van der Waals surface area contributed by atoms with Crippen molar-refractivity contribution in [2.45, 2.75) is 18.4 Å². The fourth-order valence-electron chi connectivity index (χ4n) is 2.96. The van der Waals surface area contributed by atoms with E-state index in [4.69, 9.17) is 9.47 Å². The van der Waals surface area contributed by atoms with Gasteiger partial charge >= 0.3 is 10.2 Å². The molecular formula is C19H21BrN2O5S. The molecule has 1 fully saturated rings. The molecule has 150 valence electrons. The highest BCUT2D eigenvalue weighted by atomic mass is 79.9. The Balaban J connectivity index is 1.80. The number of amides is 1. The molecular weight excluding hydrogens is 448 g/mol. The van der Waals surface area contributed by atoms with Crippen LogP contribution in [0.1, 0.15) is 16.7 Å². The van der Waals surface area contributed by atoms with Crippen molar-refractivity contribution >= 4 is 32.0 Å². The molecule has 0 radical (unpaired) electrons. The first kappa shape index (κ1) is 20.6. The zero-order valence-electron chi connectivity index (χ0n) is 15.6. The highest BCUT2D eigenvalue weighted by molar-refractivity contribution is 9.08. The van der Waals surface area contributed by atoms with E-state index >= 15 is 0 Å². The zero-order chi connectivity index (χ0) is 20.3. The molecule has 0 aromatic heterocycles. The van der Waals surface area contributed by atoms with Gasteiger partial charge in [-0.2, -0.15) is 12.7 Å². The van der Waals surface area contributed by atoms with Crippen LogP contribution in [0.5, 0.6) is 11.5 Å². The molecule has 1 heterocycles. The SMILES string of the molecule is COc1ccc(CN2C(=O)CN(Cc3ccc(CBr)cc3)S2(=O)=O)c(OC)c1. The van der Waals surface area contributed by atoms with Gasteiger partial charge in [0.2, 0.25) is 0 Å². The Morgan fingerprint density at radius 1 is 1.00 bits per heavy atom. The van der Waals surface area contributed by atoms with Gasteiger partial charge in [0.25, 0.3) is 5.91 Å². The largest absolute Gasteiger partial charge is 0.497 e. The molecule has 1 aliphatic heterocycles. The molecule has 0 atom stereocenters. The molecule has 0 aliphatic carbocycles. The van der Waals surface area contributed by atoms with Gasteiger partial charge in [0.1, 0.15) is 11.5 Å². The van der Waals surface area contributed by atoms with Crippen LogP contribution in [-0.2, 0) is 33.4 Å². The third-order valence-electron chi connectivity index (χ3n) is 4.54. The standard InChI is InChI=1S/C19H21BrN2O5S/c1-26-17-8-7-16(18(9-17)27-2)12-22-19(23)13-21(28(22,24)25)11-15-5-3-14(10-20)4-6-15/h3-9H,10-13H2,1-2H3. The van der Waals surface area contributed by atoms with Gasteiger partial charge in [-0.1, -0.05) is 40.2 Å². The molecule has 0 saturated carbocycles. The number of methoxy groups -OCH3 is 2. The highest BCUT2D eigenvalue weighted by Crippen LogP contribution is 2.29. The van der Waals surface area contributed by atoms with Gasteiger partial charge in [0.05, 0.1) is 27.3 Å². The summed E-state index contributed by atoms with van der Waals surface area (Å²) >= 11 is 3.38. The van der Waals surface area contributed by atoms with Crippen molar-refractivity contribution in [1.82, 2.24) is 8.61 Å². The van der Waals surface area contributed by atoms with Crippen molar-refractivity contribution < 1.29 is 22.7 Å². The Kier molecular flexibility index (Phi) is 6.26. The Morgan fingerprint density at radius 2 is 1.68 bits per heavy atom. The van der Waals surface area contributed by atoms with Crippen molar-refractivity contribution in [3.8, 4) is 11.5 Å². The lowest BCUT2D eigenvalue weighted by Gasteiger charge is -2.20. The quantitative estimate of drug-likeness (QED) is 0.583. The Morgan fingerprint density at radius 3 is 2.29 bits per heavy atom. The predicted molar refractivity (Wildman–Crippen MR) is 108 cm³/mol. The molecule has 9 heteroatoms. The number of rotatable bonds is 7. The second-order valence-corrected chi connectivity index (χ2v) is 8.72. The zero-order valence-corrected chi connectivity index (χ0v) is 18.0. The van der Waals surface area contributed by atoms with E-state index in [2.05, 4.69) is 15.9 Å². The molecule has 2 aromatic rings. The number of benzene rings is 2. The Labute approximate surface area is 173 Å². The van der Waals surface area contributed by atoms with Gasteiger partial charge < -0.3 is 9.47 Å². The molecule has 2 aromatic carbocycles. The summed E-state index contributed by atoms with van der Waals surface area (Å²) in [6.45, 7) is -0.124. The molecule has 1 amide bonds. The number of ether oxygens (including phenoxy) is 2. The third kappa shape index (κ3) is 4.16. The van der Waals surface area contributed by atoms with Gasteiger partial charge in [-0.05, 0) is 23.3 Å². The number of carbonyl (C=O) groups is 1. The van der Waals surface area contributed by atoms with Crippen molar-refractivity contribution in [3.05, 3.63) is 59.2 Å². The van der Waals surface area contributed by atoms with Crippen LogP contribution < -0.4 is 9.47 Å². The molecule has 0 bridgehead atoms. The summed E-state index contributed by atoms with van der Waals surface area (Å²) in [5.74, 6) is 0.589. The lowest BCUT2D eigenvalue weighted by atomic mass is 10.1. The van der Waals surface area contributed by atoms with Crippen LogP contribution in [0.25, 0.3) is 0 Å². The summed E-state index contributed by atoms with van der Waals surface area (Å²) < 4.78 is 38.4. The lowest BCUT2D eigenvalue weighted by molar-refractivity contribution is -0.125. The van der Waals surface area contributed by atoms with Crippen molar-refractivity contribution in [2.24, 2.45) is 0 Å². The first-order valence-corrected chi connectivity index (χ1v) is 11.1. The average molecular weight is 469 g/mol. The smallest absolute Gasteiger partial charge is 0.307 e. The minimum absolute atomic E-state index is 0.0899. The van der Waals surface area contributed by atoms with Crippen LogP contribution in [-0.4, -0.2) is 43.7 Å². The van der Waals surface area contributed by atoms with E-state index in [1.165, 1.54) is 18.5 Å². The van der Waals surface area contributed by atoms with Crippen LogP contribution in [0.2, 0.25) is 0 Å². The molecule has 3 rings (SSSR count). The molecule has 1 aliphatic rings. The fourth-order valence-corrected chi connectivity index (χ4v) is 4.82. The second-order valence-electron chi connectivity index (χ2n) is 6.30.